The van der Waals surface area contributed by atoms with Gasteiger partial charge in [0.2, 0.25) is 0 Å². The van der Waals surface area contributed by atoms with Crippen molar-refractivity contribution in [2.24, 2.45) is 0 Å². The van der Waals surface area contributed by atoms with Crippen molar-refractivity contribution in [2.75, 3.05) is 0 Å². The minimum absolute atomic E-state index is 0.0468. The highest BCUT2D eigenvalue weighted by Crippen LogP contribution is 2.22. The van der Waals surface area contributed by atoms with Gasteiger partial charge in [-0.25, -0.2) is 0 Å². The van der Waals surface area contributed by atoms with E-state index in [0.717, 1.165) is 33.8 Å². The molecule has 116 valence electrons. The second-order valence-electron chi connectivity index (χ2n) is 5.96. The van der Waals surface area contributed by atoms with Crippen molar-refractivity contribution >= 4 is 21.7 Å². The van der Waals surface area contributed by atoms with Gasteiger partial charge >= 0.3 is 0 Å². The molecule has 4 rings (SSSR count). The summed E-state index contributed by atoms with van der Waals surface area (Å²) in [6.07, 6.45) is 2.75. The molecule has 0 spiro atoms. The third-order valence-electron chi connectivity index (χ3n) is 4.46. The van der Waals surface area contributed by atoms with Crippen molar-refractivity contribution in [3.63, 3.8) is 0 Å². The first-order valence-corrected chi connectivity index (χ1v) is 8.17. The summed E-state index contributed by atoms with van der Waals surface area (Å²) in [5.41, 5.74) is 3.98. The summed E-state index contributed by atoms with van der Waals surface area (Å²) in [7, 11) is 0. The molecule has 0 saturated carbocycles. The largest absolute Gasteiger partial charge is 0.289 e. The Hall–Kier alpha value is -3.00. The van der Waals surface area contributed by atoms with Crippen LogP contribution in [-0.4, -0.2) is 4.98 Å². The van der Waals surface area contributed by atoms with Crippen LogP contribution in [0.15, 0.2) is 77.7 Å². The lowest BCUT2D eigenvalue weighted by Gasteiger charge is -2.01. The maximum absolute atomic E-state index is 13.1. The molecule has 0 saturated heterocycles. The van der Waals surface area contributed by atoms with Crippen molar-refractivity contribution in [3.05, 3.63) is 88.7 Å². The molecule has 0 aliphatic rings. The molecule has 0 atom stereocenters. The van der Waals surface area contributed by atoms with Crippen molar-refractivity contribution < 1.29 is 0 Å². The zero-order chi connectivity index (χ0) is 16.5. The summed E-state index contributed by atoms with van der Waals surface area (Å²) in [4.78, 5) is 17.6. The van der Waals surface area contributed by atoms with Gasteiger partial charge in [0, 0.05) is 22.5 Å². The smallest absolute Gasteiger partial charge is 0.195 e. The minimum Gasteiger partial charge on any atom is -0.289 e. The van der Waals surface area contributed by atoms with Crippen LogP contribution in [-0.2, 0) is 6.42 Å². The molecule has 0 amide bonds. The van der Waals surface area contributed by atoms with Gasteiger partial charge in [-0.2, -0.15) is 0 Å². The summed E-state index contributed by atoms with van der Waals surface area (Å²) >= 11 is 0. The monoisotopic (exact) mass is 311 g/mol. The third kappa shape index (κ3) is 2.46. The van der Waals surface area contributed by atoms with E-state index >= 15 is 0 Å². The molecule has 0 bridgehead atoms. The third-order valence-corrected chi connectivity index (χ3v) is 4.46. The predicted octanol–water partition coefficient (Wildman–Crippen LogP) is 4.98. The Morgan fingerprint density at radius 1 is 0.833 bits per heavy atom. The molecular formula is C22H17NO. The topological polar surface area (TPSA) is 30.0 Å². The number of pyridine rings is 1. The summed E-state index contributed by atoms with van der Waals surface area (Å²) < 4.78 is 0. The number of aromatic nitrogens is 1. The van der Waals surface area contributed by atoms with Crippen LogP contribution in [0.5, 0.6) is 0 Å². The van der Waals surface area contributed by atoms with E-state index in [-0.39, 0.29) is 5.43 Å². The summed E-state index contributed by atoms with van der Waals surface area (Å²) in [5.74, 6) is 0. The Labute approximate surface area is 140 Å². The number of aryl methyl sites for hydroxylation is 1. The predicted molar refractivity (Wildman–Crippen MR) is 100 cm³/mol. The molecule has 0 radical (unpaired) electrons. The van der Waals surface area contributed by atoms with Crippen LogP contribution in [0.4, 0.5) is 0 Å². The van der Waals surface area contributed by atoms with E-state index < -0.39 is 0 Å². The van der Waals surface area contributed by atoms with Gasteiger partial charge < -0.3 is 0 Å². The van der Waals surface area contributed by atoms with E-state index in [1.807, 2.05) is 66.9 Å². The van der Waals surface area contributed by atoms with Crippen LogP contribution in [0.2, 0.25) is 0 Å². The first kappa shape index (κ1) is 14.6. The highest BCUT2D eigenvalue weighted by molar-refractivity contribution is 5.93. The first-order chi connectivity index (χ1) is 11.8. The molecule has 0 aliphatic carbocycles. The molecule has 2 heteroatoms. The van der Waals surface area contributed by atoms with E-state index in [0.29, 0.717) is 5.39 Å². The molecular weight excluding hydrogens is 294 g/mol. The van der Waals surface area contributed by atoms with Gasteiger partial charge in [0.15, 0.2) is 5.43 Å². The molecule has 1 heterocycles. The second kappa shape index (κ2) is 5.89. The average Bonchev–Trinajstić information content (AvgIpc) is 2.79. The van der Waals surface area contributed by atoms with Crippen molar-refractivity contribution in [2.45, 2.75) is 13.3 Å². The summed E-state index contributed by atoms with van der Waals surface area (Å²) in [5, 5.41) is 2.38. The zero-order valence-corrected chi connectivity index (χ0v) is 13.5. The molecule has 2 nitrogen and oxygen atoms in total. The first-order valence-electron chi connectivity index (χ1n) is 8.17. The van der Waals surface area contributed by atoms with Crippen molar-refractivity contribution in [1.29, 1.82) is 0 Å². The fourth-order valence-corrected chi connectivity index (χ4v) is 3.06. The maximum atomic E-state index is 13.1. The number of hydrogen-bond donors (Lipinski definition) is 0. The van der Waals surface area contributed by atoms with Crippen LogP contribution < -0.4 is 5.43 Å². The van der Waals surface area contributed by atoms with Crippen molar-refractivity contribution in [1.82, 2.24) is 4.98 Å². The lowest BCUT2D eigenvalue weighted by atomic mass is 10.0. The van der Waals surface area contributed by atoms with Crippen LogP contribution in [0, 0.1) is 0 Å². The highest BCUT2D eigenvalue weighted by atomic mass is 16.1. The van der Waals surface area contributed by atoms with E-state index in [9.17, 15) is 4.79 Å². The van der Waals surface area contributed by atoms with Gasteiger partial charge in [0.1, 0.15) is 0 Å². The van der Waals surface area contributed by atoms with E-state index in [2.05, 4.69) is 18.0 Å². The Bertz CT molecular complexity index is 1100. The van der Waals surface area contributed by atoms with Gasteiger partial charge in [-0.05, 0) is 41.1 Å². The number of hydrogen-bond acceptors (Lipinski definition) is 2. The molecule has 0 aliphatic heterocycles. The molecule has 0 fully saturated rings. The van der Waals surface area contributed by atoms with Gasteiger partial charge in [0.05, 0.1) is 5.52 Å². The van der Waals surface area contributed by atoms with Gasteiger partial charge in [-0.3, -0.25) is 9.78 Å². The second-order valence-corrected chi connectivity index (χ2v) is 5.96. The average molecular weight is 311 g/mol. The maximum Gasteiger partial charge on any atom is 0.195 e. The SMILES string of the molecule is CCc1ccc2ccc3ncc(-c4ccccc4)cc3c(=O)c2c1. The van der Waals surface area contributed by atoms with Crippen LogP contribution in [0.3, 0.4) is 0 Å². The Morgan fingerprint density at radius 2 is 1.62 bits per heavy atom. The van der Waals surface area contributed by atoms with E-state index in [1.54, 1.807) is 0 Å². The van der Waals surface area contributed by atoms with Crippen molar-refractivity contribution in [3.8, 4) is 11.1 Å². The molecule has 4 aromatic rings. The van der Waals surface area contributed by atoms with Gasteiger partial charge in [-0.1, -0.05) is 55.5 Å². The zero-order valence-electron chi connectivity index (χ0n) is 13.5. The molecule has 3 aromatic carbocycles. The highest BCUT2D eigenvalue weighted by Gasteiger charge is 2.06. The number of benzene rings is 2. The molecule has 24 heavy (non-hydrogen) atoms. The quantitative estimate of drug-likeness (QED) is 0.523. The Morgan fingerprint density at radius 3 is 2.42 bits per heavy atom. The normalized spacial score (nSPS) is 11.0. The Balaban J connectivity index is 2.07. The molecule has 1 aromatic heterocycles. The molecule has 0 N–H and O–H groups in total. The van der Waals surface area contributed by atoms with Gasteiger partial charge in [-0.15, -0.1) is 0 Å². The fourth-order valence-electron chi connectivity index (χ4n) is 3.06. The van der Waals surface area contributed by atoms with Crippen LogP contribution in [0.1, 0.15) is 12.5 Å². The minimum atomic E-state index is 0.0468. The standard InChI is InChI=1S/C22H17NO/c1-2-15-8-9-17-10-11-21-20(22(24)19(17)12-15)13-18(14-23-21)16-6-4-3-5-7-16/h3-14H,2H2,1H3. The van der Waals surface area contributed by atoms with E-state index in [4.69, 9.17) is 0 Å². The number of rotatable bonds is 2. The fraction of sp³-hybridized carbons (Fsp3) is 0.0909. The molecule has 0 unspecified atom stereocenters. The van der Waals surface area contributed by atoms with E-state index in [1.165, 1.54) is 5.56 Å². The van der Waals surface area contributed by atoms with Crippen LogP contribution >= 0.6 is 0 Å². The van der Waals surface area contributed by atoms with Gasteiger partial charge in [0.25, 0.3) is 0 Å². The lowest BCUT2D eigenvalue weighted by molar-refractivity contribution is 1.15. The number of nitrogens with zero attached hydrogens (tertiary/aromatic N) is 1. The van der Waals surface area contributed by atoms with Crippen LogP contribution in [0.25, 0.3) is 32.8 Å². The number of fused-ring (bicyclic) bond motifs is 2. The summed E-state index contributed by atoms with van der Waals surface area (Å²) in [6, 6.07) is 22.0. The Kier molecular flexibility index (Phi) is 3.58. The summed E-state index contributed by atoms with van der Waals surface area (Å²) in [6.45, 7) is 2.10. The lowest BCUT2D eigenvalue weighted by Crippen LogP contribution is -2.00.